The highest BCUT2D eigenvalue weighted by Gasteiger charge is 2.28. The highest BCUT2D eigenvalue weighted by atomic mass is 32.2. The van der Waals surface area contributed by atoms with E-state index in [9.17, 15) is 9.59 Å². The van der Waals surface area contributed by atoms with E-state index in [1.165, 1.54) is 13.5 Å². The van der Waals surface area contributed by atoms with Gasteiger partial charge in [-0.2, -0.15) is 11.8 Å². The first-order valence-electron chi connectivity index (χ1n) is 10.6. The predicted octanol–water partition coefficient (Wildman–Crippen LogP) is 3.33. The van der Waals surface area contributed by atoms with E-state index in [1.807, 2.05) is 30.2 Å². The number of amides is 1. The molecule has 0 bridgehead atoms. The van der Waals surface area contributed by atoms with E-state index in [0.29, 0.717) is 12.5 Å². The van der Waals surface area contributed by atoms with Crippen LogP contribution in [0.5, 0.6) is 0 Å². The Bertz CT molecular complexity index is 554. The summed E-state index contributed by atoms with van der Waals surface area (Å²) in [4.78, 5) is 24.4. The third-order valence-electron chi connectivity index (χ3n) is 4.17. The number of allylic oxidation sites excluding steroid dienone is 2. The summed E-state index contributed by atoms with van der Waals surface area (Å²) in [5, 5.41) is 6.30. The van der Waals surface area contributed by atoms with Crippen molar-refractivity contribution in [2.45, 2.75) is 63.9 Å². The maximum absolute atomic E-state index is 12.4. The second kappa shape index (κ2) is 16.7. The molecule has 0 aliphatic carbocycles. The molecule has 0 aromatic rings. The van der Waals surface area contributed by atoms with Crippen molar-refractivity contribution in [2.75, 3.05) is 31.4 Å². The van der Waals surface area contributed by atoms with Gasteiger partial charge in [0.1, 0.15) is 6.04 Å². The minimum Gasteiger partial charge on any atom is -0.467 e. The van der Waals surface area contributed by atoms with Gasteiger partial charge in [0.05, 0.1) is 17.9 Å². The smallest absolute Gasteiger partial charge is 0.328 e. The molecule has 8 heteroatoms. The summed E-state index contributed by atoms with van der Waals surface area (Å²) < 4.78 is 4.77. The number of thioether (sulfide) groups is 2. The minimum atomic E-state index is -0.633. The summed E-state index contributed by atoms with van der Waals surface area (Å²) >= 11 is 3.53. The summed E-state index contributed by atoms with van der Waals surface area (Å²) in [6.45, 7) is 8.80. The Morgan fingerprint density at radius 3 is 2.53 bits per heavy atom. The van der Waals surface area contributed by atoms with Gasteiger partial charge in [-0.05, 0) is 38.7 Å². The highest BCUT2D eigenvalue weighted by Crippen LogP contribution is 2.29. The SMILES string of the molecule is CCC.COC(=O)C(CCSC)NC(=O)C(/C=C\C/C=C/C1CSC(C)(C)N1)CN. The number of hydrogen-bond acceptors (Lipinski definition) is 7. The fourth-order valence-corrected chi connectivity index (χ4v) is 4.17. The largest absolute Gasteiger partial charge is 0.467 e. The molecule has 0 spiro atoms. The topological polar surface area (TPSA) is 93.4 Å². The third-order valence-corrected chi connectivity index (χ3v) is 6.18. The lowest BCUT2D eigenvalue weighted by Crippen LogP contribution is -2.45. The van der Waals surface area contributed by atoms with Crippen LogP contribution >= 0.6 is 23.5 Å². The van der Waals surface area contributed by atoms with E-state index in [1.54, 1.807) is 11.8 Å². The molecule has 3 unspecified atom stereocenters. The van der Waals surface area contributed by atoms with Gasteiger partial charge in [-0.3, -0.25) is 10.1 Å². The molecule has 1 aliphatic rings. The monoisotopic (exact) mass is 459 g/mol. The molecule has 6 nitrogen and oxygen atoms in total. The number of nitrogens with one attached hydrogen (secondary N) is 2. The lowest BCUT2D eigenvalue weighted by atomic mass is 10.1. The molecule has 1 fully saturated rings. The van der Waals surface area contributed by atoms with Crippen LogP contribution in [0.3, 0.4) is 0 Å². The summed E-state index contributed by atoms with van der Waals surface area (Å²) in [5.41, 5.74) is 5.74. The number of esters is 1. The Labute approximate surface area is 191 Å². The van der Waals surface area contributed by atoms with Crippen molar-refractivity contribution >= 4 is 35.4 Å². The van der Waals surface area contributed by atoms with Gasteiger partial charge in [0, 0.05) is 18.3 Å². The number of methoxy groups -OCH3 is 1. The Balaban J connectivity index is 0.00000263. The van der Waals surface area contributed by atoms with Crippen molar-refractivity contribution < 1.29 is 14.3 Å². The van der Waals surface area contributed by atoms with Crippen molar-refractivity contribution in [2.24, 2.45) is 11.7 Å². The van der Waals surface area contributed by atoms with E-state index in [4.69, 9.17) is 10.5 Å². The first kappa shape index (κ1) is 29.0. The quantitative estimate of drug-likeness (QED) is 0.322. The lowest BCUT2D eigenvalue weighted by Gasteiger charge is -2.18. The molecular weight excluding hydrogens is 418 g/mol. The zero-order chi connectivity index (χ0) is 23.0. The Morgan fingerprint density at radius 1 is 1.37 bits per heavy atom. The second-order valence-corrected chi connectivity index (χ2v) is 10.2. The molecule has 3 atom stereocenters. The summed E-state index contributed by atoms with van der Waals surface area (Å²) in [5.74, 6) is 0.693. The Morgan fingerprint density at radius 2 is 2.03 bits per heavy atom. The van der Waals surface area contributed by atoms with Crippen LogP contribution in [0.1, 0.15) is 47.0 Å². The third kappa shape index (κ3) is 12.7. The van der Waals surface area contributed by atoms with Crippen LogP contribution in [-0.2, 0) is 14.3 Å². The maximum atomic E-state index is 12.4. The number of carbonyl (C=O) groups is 2. The van der Waals surface area contributed by atoms with Gasteiger partial charge in [-0.15, -0.1) is 11.8 Å². The molecule has 30 heavy (non-hydrogen) atoms. The maximum Gasteiger partial charge on any atom is 0.328 e. The van der Waals surface area contributed by atoms with E-state index < -0.39 is 17.9 Å². The first-order valence-corrected chi connectivity index (χ1v) is 12.9. The molecular formula is C22H41N3O3S2. The molecule has 4 N–H and O–H groups in total. The van der Waals surface area contributed by atoms with Gasteiger partial charge < -0.3 is 15.8 Å². The van der Waals surface area contributed by atoms with E-state index in [0.717, 1.165) is 17.9 Å². The van der Waals surface area contributed by atoms with Gasteiger partial charge in [-0.1, -0.05) is 44.6 Å². The molecule has 0 aromatic carbocycles. The van der Waals surface area contributed by atoms with Crippen LogP contribution in [0.4, 0.5) is 0 Å². The van der Waals surface area contributed by atoms with Crippen LogP contribution in [0.25, 0.3) is 0 Å². The summed E-state index contributed by atoms with van der Waals surface area (Å²) in [6.07, 6.45) is 12.5. The van der Waals surface area contributed by atoms with Crippen molar-refractivity contribution in [1.29, 1.82) is 0 Å². The zero-order valence-corrected chi connectivity index (χ0v) is 21.0. The molecule has 174 valence electrons. The van der Waals surface area contributed by atoms with E-state index in [2.05, 4.69) is 50.5 Å². The number of hydrogen-bond donors (Lipinski definition) is 3. The molecule has 1 heterocycles. The van der Waals surface area contributed by atoms with E-state index >= 15 is 0 Å². The summed E-state index contributed by atoms with van der Waals surface area (Å²) in [6, 6.07) is -0.254. The Kier molecular flexibility index (Phi) is 16.2. The van der Waals surface area contributed by atoms with Crippen molar-refractivity contribution in [1.82, 2.24) is 10.6 Å². The number of rotatable bonds is 11. The number of ether oxygens (including phenoxy) is 1. The molecule has 0 radical (unpaired) electrons. The van der Waals surface area contributed by atoms with Crippen LogP contribution in [0, 0.1) is 5.92 Å². The molecule has 1 aliphatic heterocycles. The fourth-order valence-electron chi connectivity index (χ4n) is 2.67. The molecule has 0 saturated carbocycles. The zero-order valence-electron chi connectivity index (χ0n) is 19.4. The molecule has 1 rings (SSSR count). The average Bonchev–Trinajstić information content (AvgIpc) is 3.06. The molecule has 1 saturated heterocycles. The number of nitrogens with two attached hydrogens (primary N) is 1. The molecule has 0 aromatic heterocycles. The van der Waals surface area contributed by atoms with Crippen molar-refractivity contribution in [3.63, 3.8) is 0 Å². The van der Waals surface area contributed by atoms with Crippen LogP contribution in [0.15, 0.2) is 24.3 Å². The van der Waals surface area contributed by atoms with Gasteiger partial charge in [0.25, 0.3) is 0 Å². The van der Waals surface area contributed by atoms with Gasteiger partial charge in [-0.25, -0.2) is 4.79 Å². The minimum absolute atomic E-state index is 0.125. The lowest BCUT2D eigenvalue weighted by molar-refractivity contribution is -0.145. The van der Waals surface area contributed by atoms with Gasteiger partial charge in [0.15, 0.2) is 0 Å². The summed E-state index contributed by atoms with van der Waals surface area (Å²) in [7, 11) is 1.33. The van der Waals surface area contributed by atoms with Gasteiger partial charge in [0.2, 0.25) is 5.91 Å². The number of carbonyl (C=O) groups excluding carboxylic acids is 2. The Hall–Kier alpha value is -0.960. The van der Waals surface area contributed by atoms with E-state index in [-0.39, 0.29) is 17.3 Å². The average molecular weight is 460 g/mol. The second-order valence-electron chi connectivity index (χ2n) is 7.58. The normalized spacial score (nSPS) is 19.9. The van der Waals surface area contributed by atoms with Crippen molar-refractivity contribution in [3.8, 4) is 0 Å². The predicted molar refractivity (Wildman–Crippen MR) is 132 cm³/mol. The van der Waals surface area contributed by atoms with Gasteiger partial charge >= 0.3 is 5.97 Å². The van der Waals surface area contributed by atoms with Crippen molar-refractivity contribution in [3.05, 3.63) is 24.3 Å². The van der Waals surface area contributed by atoms with Crippen LogP contribution < -0.4 is 16.4 Å². The van der Waals surface area contributed by atoms with Crippen LogP contribution in [-0.4, -0.2) is 60.2 Å². The highest BCUT2D eigenvalue weighted by molar-refractivity contribution is 8.00. The molecule has 1 amide bonds. The standard InChI is InChI=1S/C19H33N3O3S2.C3H8/c1-19(2)22-15(13-27-19)9-7-5-6-8-14(12-20)17(23)21-16(10-11-26-4)18(24)25-3;1-3-2/h6-9,14-16,22H,5,10-13,20H2,1-4H3,(H,21,23);3H2,1-2H3/b8-6-,9-7+;. The van der Waals surface area contributed by atoms with Crippen LogP contribution in [0.2, 0.25) is 0 Å². The fraction of sp³-hybridized carbons (Fsp3) is 0.727. The first-order chi connectivity index (χ1) is 14.2.